The number of hydrogen-bond donors (Lipinski definition) is 1. The van der Waals surface area contributed by atoms with Crippen LogP contribution in [-0.2, 0) is 17.8 Å². The third kappa shape index (κ3) is 5.58. The topological polar surface area (TPSA) is 46.9 Å². The van der Waals surface area contributed by atoms with Gasteiger partial charge in [0, 0.05) is 25.4 Å². The molecule has 0 atom stereocenters. The fourth-order valence-corrected chi connectivity index (χ4v) is 3.52. The Kier molecular flexibility index (Phi) is 8.66. The molecule has 1 heterocycles. The van der Waals surface area contributed by atoms with Gasteiger partial charge in [0.25, 0.3) is 0 Å². The highest BCUT2D eigenvalue weighted by Gasteiger charge is 2.14. The van der Waals surface area contributed by atoms with Gasteiger partial charge >= 0.3 is 0 Å². The molecule has 0 aliphatic rings. The molecule has 1 aromatic heterocycles. The molecule has 1 N–H and O–H groups in total. The zero-order valence-electron chi connectivity index (χ0n) is 16.8. The van der Waals surface area contributed by atoms with Crippen molar-refractivity contribution in [3.05, 3.63) is 30.1 Å². The molecular formula is C22H35N3O. The second-order valence-corrected chi connectivity index (χ2v) is 7.14. The maximum absolute atomic E-state index is 12.1. The highest BCUT2D eigenvalue weighted by Crippen LogP contribution is 2.18. The number of fused-ring (bicyclic) bond motifs is 1. The van der Waals surface area contributed by atoms with E-state index >= 15 is 0 Å². The summed E-state index contributed by atoms with van der Waals surface area (Å²) in [6.45, 7) is 8.17. The number of carbonyl (C=O) groups is 1. The Morgan fingerprint density at radius 1 is 1.08 bits per heavy atom. The summed E-state index contributed by atoms with van der Waals surface area (Å²) in [5.41, 5.74) is 2.32. The van der Waals surface area contributed by atoms with Crippen molar-refractivity contribution in [2.24, 2.45) is 5.92 Å². The number of hydrogen-bond acceptors (Lipinski definition) is 2. The van der Waals surface area contributed by atoms with Crippen molar-refractivity contribution in [3.8, 4) is 0 Å². The third-order valence-corrected chi connectivity index (χ3v) is 5.20. The van der Waals surface area contributed by atoms with Crippen LogP contribution in [0.15, 0.2) is 24.3 Å². The molecule has 0 spiro atoms. The molecule has 0 saturated carbocycles. The van der Waals surface area contributed by atoms with Crippen LogP contribution >= 0.6 is 0 Å². The predicted molar refractivity (Wildman–Crippen MR) is 109 cm³/mol. The number of nitrogens with one attached hydrogen (secondary N) is 1. The van der Waals surface area contributed by atoms with Crippen LogP contribution in [0.1, 0.15) is 71.5 Å². The molecule has 0 bridgehead atoms. The van der Waals surface area contributed by atoms with Crippen molar-refractivity contribution in [1.82, 2.24) is 14.9 Å². The van der Waals surface area contributed by atoms with Gasteiger partial charge in [-0.2, -0.15) is 0 Å². The predicted octanol–water partition coefficient (Wildman–Crippen LogP) is 5.10. The van der Waals surface area contributed by atoms with Crippen LogP contribution in [0.5, 0.6) is 0 Å². The van der Waals surface area contributed by atoms with Gasteiger partial charge in [-0.1, -0.05) is 52.2 Å². The largest absolute Gasteiger partial charge is 0.356 e. The summed E-state index contributed by atoms with van der Waals surface area (Å²) in [7, 11) is 0. The fraction of sp³-hybridized carbons (Fsp3) is 0.636. The number of para-hydroxylation sites is 2. The molecule has 0 radical (unpaired) electrons. The monoisotopic (exact) mass is 357 g/mol. The number of rotatable bonds is 12. The molecule has 2 aromatic rings. The summed E-state index contributed by atoms with van der Waals surface area (Å²) in [5.74, 6) is 1.50. The first-order valence-electron chi connectivity index (χ1n) is 10.4. The van der Waals surface area contributed by atoms with Gasteiger partial charge in [0.05, 0.1) is 11.0 Å². The molecule has 0 aliphatic carbocycles. The first-order chi connectivity index (χ1) is 12.7. The van der Waals surface area contributed by atoms with Gasteiger partial charge in [0.1, 0.15) is 5.82 Å². The molecule has 26 heavy (non-hydrogen) atoms. The fourth-order valence-electron chi connectivity index (χ4n) is 3.52. The molecule has 4 nitrogen and oxygen atoms in total. The van der Waals surface area contributed by atoms with E-state index in [2.05, 4.69) is 54.9 Å². The zero-order chi connectivity index (χ0) is 18.8. The Labute approximate surface area is 158 Å². The molecular weight excluding hydrogens is 322 g/mol. The van der Waals surface area contributed by atoms with E-state index in [1.807, 2.05) is 0 Å². The molecule has 0 saturated heterocycles. The zero-order valence-corrected chi connectivity index (χ0v) is 16.8. The van der Waals surface area contributed by atoms with E-state index in [1.54, 1.807) is 0 Å². The summed E-state index contributed by atoms with van der Waals surface area (Å²) >= 11 is 0. The maximum atomic E-state index is 12.1. The number of aromatic nitrogens is 2. The molecule has 4 heteroatoms. The van der Waals surface area contributed by atoms with Gasteiger partial charge in [0.15, 0.2) is 0 Å². The van der Waals surface area contributed by atoms with E-state index in [0.29, 0.717) is 0 Å². The van der Waals surface area contributed by atoms with Crippen LogP contribution in [0.3, 0.4) is 0 Å². The Balaban J connectivity index is 1.94. The summed E-state index contributed by atoms with van der Waals surface area (Å²) in [6.07, 6.45) is 8.69. The lowest BCUT2D eigenvalue weighted by Crippen LogP contribution is -2.31. The van der Waals surface area contributed by atoms with Gasteiger partial charge in [-0.15, -0.1) is 0 Å². The lowest BCUT2D eigenvalue weighted by Gasteiger charge is -2.13. The minimum atomic E-state index is 0.151. The quantitative estimate of drug-likeness (QED) is 0.537. The van der Waals surface area contributed by atoms with E-state index in [-0.39, 0.29) is 11.8 Å². The van der Waals surface area contributed by atoms with E-state index < -0.39 is 0 Å². The van der Waals surface area contributed by atoms with E-state index in [1.165, 1.54) is 31.2 Å². The smallest absolute Gasteiger partial charge is 0.223 e. The minimum absolute atomic E-state index is 0.151. The average Bonchev–Trinajstić information content (AvgIpc) is 3.01. The first kappa shape index (κ1) is 20.5. The highest BCUT2D eigenvalue weighted by molar-refractivity contribution is 5.78. The van der Waals surface area contributed by atoms with Crippen LogP contribution in [0.25, 0.3) is 11.0 Å². The molecule has 1 aromatic carbocycles. The molecule has 0 fully saturated rings. The summed E-state index contributed by atoms with van der Waals surface area (Å²) in [6, 6.07) is 8.40. The van der Waals surface area contributed by atoms with Gasteiger partial charge in [0.2, 0.25) is 5.91 Å². The Morgan fingerprint density at radius 2 is 1.85 bits per heavy atom. The van der Waals surface area contributed by atoms with Crippen LogP contribution in [0.4, 0.5) is 0 Å². The first-order valence-corrected chi connectivity index (χ1v) is 10.4. The Morgan fingerprint density at radius 3 is 2.58 bits per heavy atom. The van der Waals surface area contributed by atoms with Crippen molar-refractivity contribution in [1.29, 1.82) is 0 Å². The standard InChI is InChI=1S/C22H35N3O/c1-4-7-8-11-17-25-20-14-10-9-13-19(20)24-21(25)15-12-16-23-22(26)18(5-2)6-3/h9-10,13-14,18H,4-8,11-12,15-17H2,1-3H3,(H,23,26). The third-order valence-electron chi connectivity index (χ3n) is 5.20. The van der Waals surface area contributed by atoms with Gasteiger partial charge in [-0.3, -0.25) is 4.79 Å². The maximum Gasteiger partial charge on any atom is 0.223 e. The normalized spacial score (nSPS) is 11.4. The summed E-state index contributed by atoms with van der Waals surface area (Å²) < 4.78 is 2.38. The lowest BCUT2D eigenvalue weighted by atomic mass is 10.0. The number of nitrogens with zero attached hydrogens (tertiary/aromatic N) is 2. The van der Waals surface area contributed by atoms with Crippen LogP contribution in [0.2, 0.25) is 0 Å². The molecule has 0 aliphatic heterocycles. The van der Waals surface area contributed by atoms with Crippen molar-refractivity contribution in [2.75, 3.05) is 6.54 Å². The van der Waals surface area contributed by atoms with Crippen LogP contribution in [0, 0.1) is 5.92 Å². The summed E-state index contributed by atoms with van der Waals surface area (Å²) in [5, 5.41) is 3.09. The number of benzene rings is 1. The van der Waals surface area contributed by atoms with E-state index in [4.69, 9.17) is 4.98 Å². The van der Waals surface area contributed by atoms with Crippen molar-refractivity contribution in [3.63, 3.8) is 0 Å². The Hall–Kier alpha value is -1.84. The lowest BCUT2D eigenvalue weighted by molar-refractivity contribution is -0.125. The second kappa shape index (κ2) is 11.0. The van der Waals surface area contributed by atoms with Crippen molar-refractivity contribution in [2.45, 2.75) is 78.7 Å². The number of aryl methyl sites for hydroxylation is 2. The van der Waals surface area contributed by atoms with Crippen LogP contribution < -0.4 is 5.32 Å². The number of unbranched alkanes of at least 4 members (excludes halogenated alkanes) is 3. The van der Waals surface area contributed by atoms with E-state index in [0.717, 1.165) is 50.1 Å². The van der Waals surface area contributed by atoms with E-state index in [9.17, 15) is 4.79 Å². The molecule has 2 rings (SSSR count). The number of imidazole rings is 1. The van der Waals surface area contributed by atoms with Gasteiger partial charge in [-0.05, 0) is 37.8 Å². The van der Waals surface area contributed by atoms with Crippen LogP contribution in [-0.4, -0.2) is 22.0 Å². The SMILES string of the molecule is CCCCCCn1c(CCCNC(=O)C(CC)CC)nc2ccccc21. The second-order valence-electron chi connectivity index (χ2n) is 7.14. The number of amides is 1. The summed E-state index contributed by atoms with van der Waals surface area (Å²) in [4.78, 5) is 16.9. The van der Waals surface area contributed by atoms with Gasteiger partial charge in [-0.25, -0.2) is 4.98 Å². The molecule has 144 valence electrons. The molecule has 1 amide bonds. The average molecular weight is 358 g/mol. The minimum Gasteiger partial charge on any atom is -0.356 e. The molecule has 0 unspecified atom stereocenters. The van der Waals surface area contributed by atoms with Gasteiger partial charge < -0.3 is 9.88 Å². The highest BCUT2D eigenvalue weighted by atomic mass is 16.1. The van der Waals surface area contributed by atoms with Crippen molar-refractivity contribution < 1.29 is 4.79 Å². The number of carbonyl (C=O) groups excluding carboxylic acids is 1. The van der Waals surface area contributed by atoms with Crippen molar-refractivity contribution >= 4 is 16.9 Å². The Bertz CT molecular complexity index is 673.